The summed E-state index contributed by atoms with van der Waals surface area (Å²) in [4.78, 5) is 25.1. The Labute approximate surface area is 141 Å². The maximum absolute atomic E-state index is 12.5. The van der Waals surface area contributed by atoms with E-state index in [1.807, 2.05) is 6.07 Å². The number of hydrogen-bond donors (Lipinski definition) is 0. The Kier molecular flexibility index (Phi) is 5.73. The minimum Gasteiger partial charge on any atom is -0.462 e. The Morgan fingerprint density at radius 2 is 1.54 bits per heavy atom. The first-order valence-electron chi connectivity index (χ1n) is 7.90. The number of nitrogens with zero attached hydrogens (tertiary/aromatic N) is 2. The van der Waals surface area contributed by atoms with Crippen molar-refractivity contribution in [2.75, 3.05) is 0 Å². The number of para-hydroxylation sites is 1. The molecule has 0 amide bonds. The van der Waals surface area contributed by atoms with Gasteiger partial charge in [0.05, 0.1) is 17.9 Å². The predicted molar refractivity (Wildman–Crippen MR) is 88.8 cm³/mol. The number of aromatic nitrogens is 2. The predicted octanol–water partition coefficient (Wildman–Crippen LogP) is 2.86. The zero-order chi connectivity index (χ0) is 17.7. The van der Waals surface area contributed by atoms with E-state index in [0.29, 0.717) is 11.3 Å². The number of ether oxygens (including phenoxy) is 2. The van der Waals surface area contributed by atoms with Crippen LogP contribution < -0.4 is 0 Å². The second kappa shape index (κ2) is 7.77. The van der Waals surface area contributed by atoms with Crippen LogP contribution in [0.4, 0.5) is 0 Å². The molecule has 128 valence electrons. The summed E-state index contributed by atoms with van der Waals surface area (Å²) in [5, 5.41) is 4.18. The van der Waals surface area contributed by atoms with E-state index >= 15 is 0 Å². The Morgan fingerprint density at radius 1 is 0.958 bits per heavy atom. The van der Waals surface area contributed by atoms with E-state index in [4.69, 9.17) is 9.47 Å². The number of esters is 2. The van der Waals surface area contributed by atoms with E-state index < -0.39 is 17.9 Å². The highest BCUT2D eigenvalue weighted by Crippen LogP contribution is 2.26. The van der Waals surface area contributed by atoms with Crippen LogP contribution in [0.2, 0.25) is 0 Å². The number of carbonyl (C=O) groups is 2. The summed E-state index contributed by atoms with van der Waals surface area (Å²) in [6.07, 6.45) is 2.72. The minimum atomic E-state index is -1.16. The van der Waals surface area contributed by atoms with E-state index in [1.54, 1.807) is 69.0 Å². The van der Waals surface area contributed by atoms with Gasteiger partial charge in [-0.3, -0.25) is 9.59 Å². The molecule has 0 fully saturated rings. The average Bonchev–Trinajstić information content (AvgIpc) is 3.00. The summed E-state index contributed by atoms with van der Waals surface area (Å²) in [5.41, 5.74) is 1.13. The minimum absolute atomic E-state index is 0.330. The molecule has 0 bridgehead atoms. The van der Waals surface area contributed by atoms with Crippen LogP contribution >= 0.6 is 0 Å². The molecular formula is C18H22N2O4. The molecule has 0 spiro atoms. The van der Waals surface area contributed by atoms with Crippen LogP contribution in [0.5, 0.6) is 0 Å². The Balaban J connectivity index is 2.47. The number of hydrogen-bond acceptors (Lipinski definition) is 5. The standard InChI is InChI=1S/C18H22N2O4/c1-12(2)23-17(21)16(18(22)24-13(3)4)14-8-5-6-9-15(14)20-11-7-10-19-20/h5-13,16H,1-4H3. The molecule has 0 radical (unpaired) electrons. The van der Waals surface area contributed by atoms with Crippen molar-refractivity contribution in [3.63, 3.8) is 0 Å². The molecule has 0 saturated carbocycles. The van der Waals surface area contributed by atoms with Gasteiger partial charge in [-0.05, 0) is 39.8 Å². The first kappa shape index (κ1) is 17.7. The lowest BCUT2D eigenvalue weighted by molar-refractivity contribution is -0.161. The molecule has 0 atom stereocenters. The monoisotopic (exact) mass is 330 g/mol. The van der Waals surface area contributed by atoms with Crippen LogP contribution in [0.1, 0.15) is 39.2 Å². The molecule has 0 N–H and O–H groups in total. The molecule has 24 heavy (non-hydrogen) atoms. The maximum atomic E-state index is 12.5. The molecule has 2 aromatic rings. The third-order valence-electron chi connectivity index (χ3n) is 3.17. The van der Waals surface area contributed by atoms with Gasteiger partial charge in [0.15, 0.2) is 5.92 Å². The fourth-order valence-electron chi connectivity index (χ4n) is 2.30. The highest BCUT2D eigenvalue weighted by atomic mass is 16.6. The molecule has 1 heterocycles. The van der Waals surface area contributed by atoms with E-state index in [1.165, 1.54) is 0 Å². The zero-order valence-corrected chi connectivity index (χ0v) is 14.3. The molecule has 6 nitrogen and oxygen atoms in total. The third kappa shape index (κ3) is 4.22. The normalized spacial score (nSPS) is 11.1. The third-order valence-corrected chi connectivity index (χ3v) is 3.17. The fourth-order valence-corrected chi connectivity index (χ4v) is 2.30. The van der Waals surface area contributed by atoms with Crippen LogP contribution in [0, 0.1) is 0 Å². The SMILES string of the molecule is CC(C)OC(=O)C(C(=O)OC(C)C)c1ccccc1-n1cccn1. The van der Waals surface area contributed by atoms with Gasteiger partial charge >= 0.3 is 11.9 Å². The second-order valence-electron chi connectivity index (χ2n) is 5.91. The van der Waals surface area contributed by atoms with Crippen molar-refractivity contribution in [1.29, 1.82) is 0 Å². The van der Waals surface area contributed by atoms with Crippen molar-refractivity contribution in [1.82, 2.24) is 9.78 Å². The van der Waals surface area contributed by atoms with Crippen molar-refractivity contribution < 1.29 is 19.1 Å². The van der Waals surface area contributed by atoms with Crippen LogP contribution in [0.3, 0.4) is 0 Å². The van der Waals surface area contributed by atoms with Gasteiger partial charge in [-0.2, -0.15) is 5.10 Å². The summed E-state index contributed by atoms with van der Waals surface area (Å²) in [7, 11) is 0. The lowest BCUT2D eigenvalue weighted by Gasteiger charge is -2.20. The maximum Gasteiger partial charge on any atom is 0.325 e. The topological polar surface area (TPSA) is 70.4 Å². The van der Waals surface area contributed by atoms with E-state index in [-0.39, 0.29) is 12.2 Å². The summed E-state index contributed by atoms with van der Waals surface area (Å²) in [6.45, 7) is 6.95. The van der Waals surface area contributed by atoms with Crippen molar-refractivity contribution in [2.45, 2.75) is 45.8 Å². The molecule has 1 aromatic heterocycles. The highest BCUT2D eigenvalue weighted by molar-refractivity contribution is 6.01. The lowest BCUT2D eigenvalue weighted by Crippen LogP contribution is -2.30. The van der Waals surface area contributed by atoms with Crippen molar-refractivity contribution in [3.05, 3.63) is 48.3 Å². The van der Waals surface area contributed by atoms with Gasteiger partial charge in [0.2, 0.25) is 0 Å². The molecule has 0 aliphatic carbocycles. The van der Waals surface area contributed by atoms with Gasteiger partial charge in [0.1, 0.15) is 0 Å². The summed E-state index contributed by atoms with van der Waals surface area (Å²) in [5.74, 6) is -2.42. The van der Waals surface area contributed by atoms with E-state index in [0.717, 1.165) is 0 Å². The van der Waals surface area contributed by atoms with Gasteiger partial charge in [0, 0.05) is 18.0 Å². The molecule has 0 aliphatic heterocycles. The molecule has 0 saturated heterocycles. The Morgan fingerprint density at radius 3 is 2.04 bits per heavy atom. The molecule has 0 aliphatic rings. The average molecular weight is 330 g/mol. The number of carbonyl (C=O) groups excluding carboxylic acids is 2. The van der Waals surface area contributed by atoms with E-state index in [9.17, 15) is 9.59 Å². The quantitative estimate of drug-likeness (QED) is 0.602. The van der Waals surface area contributed by atoms with Gasteiger partial charge in [-0.15, -0.1) is 0 Å². The summed E-state index contributed by atoms with van der Waals surface area (Å²) in [6, 6.07) is 8.86. The van der Waals surface area contributed by atoms with E-state index in [2.05, 4.69) is 5.10 Å². The second-order valence-corrected chi connectivity index (χ2v) is 5.91. The zero-order valence-electron chi connectivity index (χ0n) is 14.3. The van der Waals surface area contributed by atoms with Gasteiger partial charge < -0.3 is 9.47 Å². The van der Waals surface area contributed by atoms with Crippen LogP contribution in [0.15, 0.2) is 42.7 Å². The van der Waals surface area contributed by atoms with Gasteiger partial charge in [0.25, 0.3) is 0 Å². The highest BCUT2D eigenvalue weighted by Gasteiger charge is 2.35. The lowest BCUT2D eigenvalue weighted by atomic mass is 9.97. The van der Waals surface area contributed by atoms with Crippen LogP contribution in [-0.4, -0.2) is 33.9 Å². The first-order valence-corrected chi connectivity index (χ1v) is 7.90. The molecule has 6 heteroatoms. The molecule has 2 rings (SSSR count). The Bertz CT molecular complexity index is 671. The van der Waals surface area contributed by atoms with Crippen LogP contribution in [-0.2, 0) is 19.1 Å². The number of rotatable bonds is 6. The molecule has 0 unspecified atom stereocenters. The summed E-state index contributed by atoms with van der Waals surface area (Å²) >= 11 is 0. The molecular weight excluding hydrogens is 308 g/mol. The van der Waals surface area contributed by atoms with Gasteiger partial charge in [-0.25, -0.2) is 4.68 Å². The fraction of sp³-hybridized carbons (Fsp3) is 0.389. The largest absolute Gasteiger partial charge is 0.462 e. The smallest absolute Gasteiger partial charge is 0.325 e. The van der Waals surface area contributed by atoms with Crippen molar-refractivity contribution in [2.24, 2.45) is 0 Å². The van der Waals surface area contributed by atoms with Crippen molar-refractivity contribution in [3.8, 4) is 5.69 Å². The van der Waals surface area contributed by atoms with Crippen molar-refractivity contribution >= 4 is 11.9 Å². The summed E-state index contributed by atoms with van der Waals surface area (Å²) < 4.78 is 12.1. The Hall–Kier alpha value is -2.63. The van der Waals surface area contributed by atoms with Crippen LogP contribution in [0.25, 0.3) is 5.69 Å². The van der Waals surface area contributed by atoms with Gasteiger partial charge in [-0.1, -0.05) is 18.2 Å². The molecule has 1 aromatic carbocycles. The number of benzene rings is 1. The first-order chi connectivity index (χ1) is 11.4.